The van der Waals surface area contributed by atoms with Gasteiger partial charge in [0.15, 0.2) is 0 Å². The van der Waals surface area contributed by atoms with Crippen LogP contribution in [0.15, 0.2) is 23.2 Å². The van der Waals surface area contributed by atoms with Gasteiger partial charge in [0.2, 0.25) is 5.60 Å². The van der Waals surface area contributed by atoms with Gasteiger partial charge in [0.25, 0.3) is 0 Å². The van der Waals surface area contributed by atoms with Crippen molar-refractivity contribution in [2.24, 2.45) is 5.92 Å². The fraction of sp³-hybridized carbons (Fsp3) is 0.500. The van der Waals surface area contributed by atoms with Crippen LogP contribution < -0.4 is 0 Å². The lowest BCUT2D eigenvalue weighted by Crippen LogP contribution is -2.44. The van der Waals surface area contributed by atoms with E-state index in [1.54, 1.807) is 6.92 Å². The zero-order chi connectivity index (χ0) is 14.9. The first-order valence-electron chi connectivity index (χ1n) is 6.23. The molecule has 2 atom stereocenters. The molecule has 20 heavy (non-hydrogen) atoms. The number of rotatable bonds is 2. The largest absolute Gasteiger partial charge is 0.466 e. The smallest absolute Gasteiger partial charge is 0.338 e. The zero-order valence-electron chi connectivity index (χ0n) is 11.6. The van der Waals surface area contributed by atoms with E-state index in [0.29, 0.717) is 24.4 Å². The first kappa shape index (κ1) is 14.1. The number of esters is 2. The predicted octanol–water partition coefficient (Wildman–Crippen LogP) is 1.58. The van der Waals surface area contributed by atoms with Crippen LogP contribution in [0.3, 0.4) is 0 Å². The molecular weight excluding hydrogens is 262 g/mol. The van der Waals surface area contributed by atoms with Crippen molar-refractivity contribution < 1.29 is 23.8 Å². The summed E-state index contributed by atoms with van der Waals surface area (Å²) < 4.78 is 15.5. The maximum absolute atomic E-state index is 11.9. The van der Waals surface area contributed by atoms with Crippen molar-refractivity contribution in [2.45, 2.75) is 32.3 Å². The van der Waals surface area contributed by atoms with E-state index in [4.69, 9.17) is 14.2 Å². The number of carbonyl (C=O) groups is 2. The second-order valence-electron chi connectivity index (χ2n) is 4.74. The Hall–Kier alpha value is -2.29. The van der Waals surface area contributed by atoms with Crippen LogP contribution in [0.4, 0.5) is 0 Å². The monoisotopic (exact) mass is 277 g/mol. The van der Waals surface area contributed by atoms with Crippen molar-refractivity contribution in [1.29, 1.82) is 5.26 Å². The Kier molecular flexibility index (Phi) is 3.53. The summed E-state index contributed by atoms with van der Waals surface area (Å²) in [6.07, 6.45) is 2.66. The van der Waals surface area contributed by atoms with Crippen molar-refractivity contribution in [2.75, 3.05) is 7.11 Å². The van der Waals surface area contributed by atoms with Crippen LogP contribution in [-0.2, 0) is 23.8 Å². The van der Waals surface area contributed by atoms with Crippen LogP contribution in [0.5, 0.6) is 0 Å². The van der Waals surface area contributed by atoms with Crippen molar-refractivity contribution >= 4 is 11.9 Å². The third-order valence-electron chi connectivity index (χ3n) is 3.47. The molecule has 1 unspecified atom stereocenters. The summed E-state index contributed by atoms with van der Waals surface area (Å²) in [4.78, 5) is 23.3. The molecule has 0 radical (unpaired) electrons. The molecular formula is C14H15NO5. The van der Waals surface area contributed by atoms with Gasteiger partial charge in [0.05, 0.1) is 12.7 Å². The highest BCUT2D eigenvalue weighted by molar-refractivity contribution is 5.91. The van der Waals surface area contributed by atoms with Gasteiger partial charge in [-0.25, -0.2) is 4.79 Å². The minimum atomic E-state index is -1.42. The predicted molar refractivity (Wildman–Crippen MR) is 66.7 cm³/mol. The number of nitriles is 1. The van der Waals surface area contributed by atoms with Gasteiger partial charge in [0, 0.05) is 13.3 Å². The van der Waals surface area contributed by atoms with Crippen LogP contribution >= 0.6 is 0 Å². The first-order chi connectivity index (χ1) is 9.45. The Morgan fingerprint density at radius 1 is 1.55 bits per heavy atom. The Bertz CT molecular complexity index is 569. The molecule has 106 valence electrons. The van der Waals surface area contributed by atoms with Gasteiger partial charge in [-0.3, -0.25) is 4.79 Å². The second kappa shape index (κ2) is 5.00. The lowest BCUT2D eigenvalue weighted by molar-refractivity contribution is -0.157. The highest BCUT2D eigenvalue weighted by Crippen LogP contribution is 2.48. The standard InChI is InChI=1S/C14H15NO5/c1-8-11(13(17)18-3)12-10(19-8)5-4-6-14(12,7-15)20-9(2)16/h5,12H,4,6H2,1-3H3/t12?,14-/m1/s1. The van der Waals surface area contributed by atoms with Gasteiger partial charge in [-0.15, -0.1) is 0 Å². The minimum Gasteiger partial charge on any atom is -0.466 e. The SMILES string of the molecule is COC(=O)C1=C(C)OC2=CCC[C@](C#N)(OC(C)=O)C21. The van der Waals surface area contributed by atoms with Crippen LogP contribution in [0.2, 0.25) is 0 Å². The molecule has 2 rings (SSSR count). The van der Waals surface area contributed by atoms with Crippen molar-refractivity contribution in [3.05, 3.63) is 23.2 Å². The Morgan fingerprint density at radius 3 is 2.80 bits per heavy atom. The van der Waals surface area contributed by atoms with Gasteiger partial charge >= 0.3 is 11.9 Å². The minimum absolute atomic E-state index is 0.237. The molecule has 0 saturated heterocycles. The van der Waals surface area contributed by atoms with E-state index in [-0.39, 0.29) is 5.57 Å². The van der Waals surface area contributed by atoms with Gasteiger partial charge in [0.1, 0.15) is 23.5 Å². The number of hydrogen-bond donors (Lipinski definition) is 0. The van der Waals surface area contributed by atoms with Crippen LogP contribution in [-0.4, -0.2) is 24.6 Å². The van der Waals surface area contributed by atoms with Crippen molar-refractivity contribution in [3.8, 4) is 6.07 Å². The fourth-order valence-electron chi connectivity index (χ4n) is 2.71. The molecule has 0 aromatic heterocycles. The van der Waals surface area contributed by atoms with Crippen LogP contribution in [0.25, 0.3) is 0 Å². The molecule has 0 fully saturated rings. The molecule has 0 bridgehead atoms. The van der Waals surface area contributed by atoms with Gasteiger partial charge in [-0.1, -0.05) is 0 Å². The molecule has 6 nitrogen and oxygen atoms in total. The van der Waals surface area contributed by atoms with E-state index < -0.39 is 23.5 Å². The number of ether oxygens (including phenoxy) is 3. The molecule has 1 aliphatic carbocycles. The molecule has 0 aromatic carbocycles. The van der Waals surface area contributed by atoms with E-state index in [1.807, 2.05) is 12.1 Å². The highest BCUT2D eigenvalue weighted by atomic mass is 16.6. The normalized spacial score (nSPS) is 27.9. The number of hydrogen-bond acceptors (Lipinski definition) is 6. The van der Waals surface area contributed by atoms with Crippen LogP contribution in [0.1, 0.15) is 26.7 Å². The fourth-order valence-corrected chi connectivity index (χ4v) is 2.71. The van der Waals surface area contributed by atoms with E-state index in [2.05, 4.69) is 0 Å². The molecule has 0 N–H and O–H groups in total. The summed E-state index contributed by atoms with van der Waals surface area (Å²) in [7, 11) is 1.26. The number of methoxy groups -OCH3 is 1. The summed E-state index contributed by atoms with van der Waals surface area (Å²) in [5, 5.41) is 9.51. The molecule has 0 amide bonds. The van der Waals surface area contributed by atoms with Crippen molar-refractivity contribution in [1.82, 2.24) is 0 Å². The number of nitrogens with zero attached hydrogens (tertiary/aromatic N) is 1. The Labute approximate surface area is 116 Å². The van der Waals surface area contributed by atoms with Gasteiger partial charge < -0.3 is 14.2 Å². The van der Waals surface area contributed by atoms with E-state index in [9.17, 15) is 14.9 Å². The van der Waals surface area contributed by atoms with E-state index in [1.165, 1.54) is 14.0 Å². The van der Waals surface area contributed by atoms with Crippen LogP contribution in [0, 0.1) is 17.2 Å². The summed E-state index contributed by atoms with van der Waals surface area (Å²) in [5.74, 6) is -1.03. The van der Waals surface area contributed by atoms with E-state index in [0.717, 1.165) is 0 Å². The number of fused-ring (bicyclic) bond motifs is 1. The molecule has 1 heterocycles. The number of allylic oxidation sites excluding steroid dienone is 2. The quantitative estimate of drug-likeness (QED) is 0.712. The highest BCUT2D eigenvalue weighted by Gasteiger charge is 2.54. The maximum atomic E-state index is 11.9. The molecule has 0 aromatic rings. The molecule has 0 spiro atoms. The third kappa shape index (κ3) is 2.05. The maximum Gasteiger partial charge on any atom is 0.338 e. The Balaban J connectivity index is 2.52. The third-order valence-corrected chi connectivity index (χ3v) is 3.47. The summed E-state index contributed by atoms with van der Waals surface area (Å²) in [6.45, 7) is 2.86. The summed E-state index contributed by atoms with van der Waals surface area (Å²) >= 11 is 0. The average molecular weight is 277 g/mol. The van der Waals surface area contributed by atoms with Gasteiger partial charge in [-0.05, 0) is 19.4 Å². The molecule has 1 aliphatic heterocycles. The lowest BCUT2D eigenvalue weighted by atomic mass is 9.75. The topological polar surface area (TPSA) is 85.6 Å². The Morgan fingerprint density at radius 2 is 2.25 bits per heavy atom. The second-order valence-corrected chi connectivity index (χ2v) is 4.74. The molecule has 0 saturated carbocycles. The molecule has 2 aliphatic rings. The van der Waals surface area contributed by atoms with Crippen molar-refractivity contribution in [3.63, 3.8) is 0 Å². The summed E-state index contributed by atoms with van der Waals surface area (Å²) in [6, 6.07) is 2.04. The van der Waals surface area contributed by atoms with E-state index >= 15 is 0 Å². The summed E-state index contributed by atoms with van der Waals surface area (Å²) in [5.41, 5.74) is -1.18. The lowest BCUT2D eigenvalue weighted by Gasteiger charge is -2.34. The molecule has 6 heteroatoms. The zero-order valence-corrected chi connectivity index (χ0v) is 11.6. The first-order valence-corrected chi connectivity index (χ1v) is 6.23. The van der Waals surface area contributed by atoms with Gasteiger partial charge in [-0.2, -0.15) is 5.26 Å². The average Bonchev–Trinajstić information content (AvgIpc) is 2.74. The number of carbonyl (C=O) groups excluding carboxylic acids is 2.